The van der Waals surface area contributed by atoms with Crippen molar-refractivity contribution in [2.45, 2.75) is 75.4 Å². The van der Waals surface area contributed by atoms with Crippen LogP contribution in [0.4, 0.5) is 0 Å². The molecule has 1 amide bonds. The second-order valence-electron chi connectivity index (χ2n) is 16.7. The number of carbonyl (C=O) groups is 1. The first-order valence-electron chi connectivity index (χ1n) is 22.1. The van der Waals surface area contributed by atoms with E-state index in [9.17, 15) is 18.3 Å². The lowest BCUT2D eigenvalue weighted by Gasteiger charge is -2.38. The van der Waals surface area contributed by atoms with Crippen LogP contribution in [0.25, 0.3) is 11.1 Å². The molecule has 0 bridgehead atoms. The van der Waals surface area contributed by atoms with Crippen LogP contribution < -0.4 is 10.0 Å². The number of ether oxygens (including phenoxy) is 2. The smallest absolute Gasteiger partial charge is 0.241 e. The summed E-state index contributed by atoms with van der Waals surface area (Å²) in [6.07, 6.45) is -0.190. The van der Waals surface area contributed by atoms with Gasteiger partial charge in [0.15, 0.2) is 6.29 Å². The number of nitrogens with zero attached hydrogens (tertiary/aromatic N) is 1. The molecule has 332 valence electrons. The van der Waals surface area contributed by atoms with E-state index in [0.717, 1.165) is 57.6 Å². The number of amides is 1. The number of benzene rings is 7. The lowest BCUT2D eigenvalue weighted by atomic mass is 9.97. The number of carbonyl (C=O) groups excluding carboxylic acids is 1. The van der Waals surface area contributed by atoms with Gasteiger partial charge in [-0.2, -0.15) is 4.72 Å². The Labute approximate surface area is 382 Å². The van der Waals surface area contributed by atoms with Crippen LogP contribution in [0.2, 0.25) is 0 Å². The van der Waals surface area contributed by atoms with Gasteiger partial charge in [0.1, 0.15) is 6.04 Å². The Hall–Kier alpha value is -6.24. The molecule has 0 unspecified atom stereocenters. The van der Waals surface area contributed by atoms with E-state index in [0.29, 0.717) is 13.0 Å². The fraction of sp³-hybridized carbons (Fsp3) is 0.218. The van der Waals surface area contributed by atoms with Gasteiger partial charge in [-0.25, -0.2) is 8.42 Å². The summed E-state index contributed by atoms with van der Waals surface area (Å²) in [4.78, 5) is 16.4. The Balaban J connectivity index is 1.00. The van der Waals surface area contributed by atoms with E-state index in [1.807, 2.05) is 122 Å². The molecule has 0 spiro atoms. The molecule has 0 radical (unpaired) electrons. The van der Waals surface area contributed by atoms with E-state index in [1.54, 1.807) is 24.3 Å². The minimum absolute atomic E-state index is 0.0270. The highest BCUT2D eigenvalue weighted by Gasteiger charge is 2.33. The van der Waals surface area contributed by atoms with Gasteiger partial charge in [0.25, 0.3) is 0 Å². The molecule has 1 aliphatic heterocycles. The number of nitrogens with one attached hydrogen (secondary N) is 2. The van der Waals surface area contributed by atoms with Crippen molar-refractivity contribution in [3.63, 3.8) is 0 Å². The van der Waals surface area contributed by atoms with Gasteiger partial charge in [-0.1, -0.05) is 181 Å². The number of rotatable bonds is 18. The van der Waals surface area contributed by atoms with Crippen molar-refractivity contribution in [1.82, 2.24) is 14.9 Å². The molecule has 1 heterocycles. The van der Waals surface area contributed by atoms with Crippen LogP contribution in [-0.4, -0.2) is 43.0 Å². The van der Waals surface area contributed by atoms with Crippen LogP contribution >= 0.6 is 0 Å². The normalized spacial score (nSPS) is 16.8. The second kappa shape index (κ2) is 21.6. The first-order chi connectivity index (χ1) is 31.7. The standard InChI is InChI=1S/C55H55N3O6S/c1-40-21-31-50(32-22-40)65(61,62)57-52(33-41-13-5-2-6-14-41)54(60)56-35-48-19-11-12-20-51(48)45-27-29-47(30-28-45)55-63-49(34-53(64-55)46-25-23-44(39-59)24-26-46)38-58(36-42-15-7-3-8-16-42)37-43-17-9-4-10-18-43/h2-32,49,52-53,55,57,59H,33-39H2,1H3,(H,56,60)/t49-,52+,53+,55+/m0/s1. The van der Waals surface area contributed by atoms with E-state index in [4.69, 9.17) is 9.47 Å². The Morgan fingerprint density at radius 3 is 1.85 bits per heavy atom. The van der Waals surface area contributed by atoms with Gasteiger partial charge in [0, 0.05) is 38.2 Å². The van der Waals surface area contributed by atoms with Crippen LogP contribution in [0.15, 0.2) is 193 Å². The Morgan fingerprint density at radius 2 is 1.23 bits per heavy atom. The minimum Gasteiger partial charge on any atom is -0.392 e. The Bertz CT molecular complexity index is 2660. The summed E-state index contributed by atoms with van der Waals surface area (Å²) in [7, 11) is -3.99. The van der Waals surface area contributed by atoms with Gasteiger partial charge >= 0.3 is 0 Å². The van der Waals surface area contributed by atoms with Gasteiger partial charge in [-0.05, 0) is 70.0 Å². The van der Waals surface area contributed by atoms with Gasteiger partial charge in [-0.15, -0.1) is 0 Å². The van der Waals surface area contributed by atoms with E-state index in [1.165, 1.54) is 11.1 Å². The fourth-order valence-electron chi connectivity index (χ4n) is 8.28. The lowest BCUT2D eigenvalue weighted by molar-refractivity contribution is -0.253. The molecule has 10 heteroatoms. The molecule has 0 aliphatic carbocycles. The number of aliphatic hydroxyl groups excluding tert-OH is 1. The fourth-order valence-corrected chi connectivity index (χ4v) is 9.48. The predicted octanol–water partition coefficient (Wildman–Crippen LogP) is 9.61. The van der Waals surface area contributed by atoms with Gasteiger partial charge < -0.3 is 19.9 Å². The summed E-state index contributed by atoms with van der Waals surface area (Å²) < 4.78 is 43.3. The van der Waals surface area contributed by atoms with E-state index in [-0.39, 0.29) is 36.7 Å². The highest BCUT2D eigenvalue weighted by atomic mass is 32.2. The Kier molecular flexibility index (Phi) is 15.1. The van der Waals surface area contributed by atoms with Crippen molar-refractivity contribution in [3.8, 4) is 11.1 Å². The minimum atomic E-state index is -3.99. The molecule has 0 aromatic heterocycles. The van der Waals surface area contributed by atoms with Gasteiger partial charge in [0.2, 0.25) is 15.9 Å². The number of sulfonamides is 1. The maximum atomic E-state index is 13.9. The summed E-state index contributed by atoms with van der Waals surface area (Å²) in [6.45, 7) is 4.27. The summed E-state index contributed by atoms with van der Waals surface area (Å²) in [5.41, 5.74) is 9.73. The van der Waals surface area contributed by atoms with Crippen molar-refractivity contribution in [2.24, 2.45) is 0 Å². The monoisotopic (exact) mass is 885 g/mol. The molecular formula is C55H55N3O6S. The van der Waals surface area contributed by atoms with Crippen molar-refractivity contribution in [2.75, 3.05) is 6.54 Å². The molecule has 7 aromatic carbocycles. The molecule has 0 saturated carbocycles. The van der Waals surface area contributed by atoms with Crippen LogP contribution in [0.1, 0.15) is 63.3 Å². The molecular weight excluding hydrogens is 831 g/mol. The quantitative estimate of drug-likeness (QED) is 0.0786. The molecule has 9 nitrogen and oxygen atoms in total. The van der Waals surface area contributed by atoms with Crippen molar-refractivity contribution < 1.29 is 27.8 Å². The van der Waals surface area contributed by atoms with Crippen molar-refractivity contribution in [3.05, 3.63) is 233 Å². The van der Waals surface area contributed by atoms with E-state index in [2.05, 4.69) is 63.5 Å². The lowest BCUT2D eigenvalue weighted by Crippen LogP contribution is -2.47. The molecule has 65 heavy (non-hydrogen) atoms. The first kappa shape index (κ1) is 45.3. The molecule has 3 N–H and O–H groups in total. The number of hydrogen-bond donors (Lipinski definition) is 3. The first-order valence-corrected chi connectivity index (χ1v) is 23.6. The zero-order chi connectivity index (χ0) is 45.0. The van der Waals surface area contributed by atoms with Crippen molar-refractivity contribution in [1.29, 1.82) is 0 Å². The SMILES string of the molecule is Cc1ccc(S(=O)(=O)N[C@H](Cc2ccccc2)C(=O)NCc2ccccc2-c2ccc([C@@H]3O[C@H](CN(Cc4ccccc4)Cc4ccccc4)C[C@H](c4ccc(CO)cc4)O3)cc2)cc1. The molecule has 1 aliphatic rings. The van der Waals surface area contributed by atoms with Crippen LogP contribution in [0.3, 0.4) is 0 Å². The highest BCUT2D eigenvalue weighted by Crippen LogP contribution is 2.39. The second-order valence-corrected chi connectivity index (χ2v) is 18.4. The average Bonchev–Trinajstić information content (AvgIpc) is 3.34. The maximum Gasteiger partial charge on any atom is 0.241 e. The van der Waals surface area contributed by atoms with Crippen LogP contribution in [-0.2, 0) is 57.0 Å². The number of hydrogen-bond acceptors (Lipinski definition) is 7. The highest BCUT2D eigenvalue weighted by molar-refractivity contribution is 7.89. The van der Waals surface area contributed by atoms with Crippen LogP contribution in [0, 0.1) is 6.92 Å². The topological polar surface area (TPSA) is 117 Å². The largest absolute Gasteiger partial charge is 0.392 e. The zero-order valence-corrected chi connectivity index (χ0v) is 37.3. The summed E-state index contributed by atoms with van der Waals surface area (Å²) in [5.74, 6) is -0.428. The summed E-state index contributed by atoms with van der Waals surface area (Å²) >= 11 is 0. The molecule has 7 aromatic rings. The van der Waals surface area contributed by atoms with E-state index >= 15 is 0 Å². The summed E-state index contributed by atoms with van der Waals surface area (Å²) in [6, 6.07) is 59.9. The molecule has 1 saturated heterocycles. The number of aryl methyl sites for hydroxylation is 1. The third kappa shape index (κ3) is 12.3. The molecule has 4 atom stereocenters. The average molecular weight is 886 g/mol. The Morgan fingerprint density at radius 1 is 0.662 bits per heavy atom. The zero-order valence-electron chi connectivity index (χ0n) is 36.5. The van der Waals surface area contributed by atoms with E-state index < -0.39 is 28.3 Å². The molecule has 1 fully saturated rings. The van der Waals surface area contributed by atoms with Gasteiger partial charge in [0.05, 0.1) is 23.7 Å². The molecule has 8 rings (SSSR count). The third-order valence-corrected chi connectivity index (χ3v) is 13.3. The van der Waals surface area contributed by atoms with Gasteiger partial charge in [-0.3, -0.25) is 9.69 Å². The maximum absolute atomic E-state index is 13.9. The summed E-state index contributed by atoms with van der Waals surface area (Å²) in [5, 5.41) is 12.8. The number of aliphatic hydroxyl groups is 1. The van der Waals surface area contributed by atoms with Crippen LogP contribution in [0.5, 0.6) is 0 Å². The van der Waals surface area contributed by atoms with Crippen molar-refractivity contribution >= 4 is 15.9 Å². The third-order valence-electron chi connectivity index (χ3n) is 11.8. The predicted molar refractivity (Wildman–Crippen MR) is 255 cm³/mol.